The summed E-state index contributed by atoms with van der Waals surface area (Å²) in [5.41, 5.74) is 2.81. The van der Waals surface area contributed by atoms with Gasteiger partial charge in [0.15, 0.2) is 0 Å². The molecule has 0 unspecified atom stereocenters. The van der Waals surface area contributed by atoms with Crippen molar-refractivity contribution in [3.05, 3.63) is 66.4 Å². The molecule has 1 aliphatic heterocycles. The molecule has 1 fully saturated rings. The largest absolute Gasteiger partial charge is 0.573 e. The minimum absolute atomic E-state index is 0.225. The van der Waals surface area contributed by atoms with Gasteiger partial charge in [0.2, 0.25) is 0 Å². The molecule has 4 nitrogen and oxygen atoms in total. The fourth-order valence-corrected chi connectivity index (χ4v) is 3.57. The fraction of sp³-hybridized carbons (Fsp3) is 0.286. The molecule has 1 saturated heterocycles. The minimum Gasteiger partial charge on any atom is -0.406 e. The Morgan fingerprint density at radius 1 is 0.929 bits per heavy atom. The van der Waals surface area contributed by atoms with E-state index in [0.717, 1.165) is 38.4 Å². The molecule has 0 amide bonds. The second-order valence-electron chi connectivity index (χ2n) is 6.81. The van der Waals surface area contributed by atoms with Gasteiger partial charge in [-0.2, -0.15) is 0 Å². The van der Waals surface area contributed by atoms with Gasteiger partial charge in [0.25, 0.3) is 0 Å². The van der Waals surface area contributed by atoms with Crippen molar-refractivity contribution in [1.29, 1.82) is 0 Å². The zero-order chi connectivity index (χ0) is 19.6. The second-order valence-corrected chi connectivity index (χ2v) is 6.81. The number of halogens is 3. The molecule has 4 rings (SSSR count). The highest BCUT2D eigenvalue weighted by Crippen LogP contribution is 2.31. The summed E-state index contributed by atoms with van der Waals surface area (Å²) in [6.45, 7) is 4.27. The molecule has 0 atom stereocenters. The van der Waals surface area contributed by atoms with Crippen LogP contribution in [-0.2, 0) is 6.54 Å². The Hall–Kier alpha value is -2.80. The molecule has 1 aromatic heterocycles. The summed E-state index contributed by atoms with van der Waals surface area (Å²) < 4.78 is 41.8. The highest BCUT2D eigenvalue weighted by atomic mass is 19.4. The van der Waals surface area contributed by atoms with Crippen molar-refractivity contribution in [2.24, 2.45) is 0 Å². The lowest BCUT2D eigenvalue weighted by molar-refractivity contribution is -0.274. The Balaban J connectivity index is 1.50. The van der Waals surface area contributed by atoms with E-state index in [4.69, 9.17) is 0 Å². The van der Waals surface area contributed by atoms with Gasteiger partial charge in [0, 0.05) is 50.0 Å². The van der Waals surface area contributed by atoms with Gasteiger partial charge in [0.05, 0.1) is 5.52 Å². The predicted octanol–water partition coefficient (Wildman–Crippen LogP) is 4.46. The summed E-state index contributed by atoms with van der Waals surface area (Å²) in [7, 11) is 0. The van der Waals surface area contributed by atoms with Gasteiger partial charge in [-0.1, -0.05) is 30.3 Å². The van der Waals surface area contributed by atoms with Crippen molar-refractivity contribution in [1.82, 2.24) is 9.88 Å². The molecular weight excluding hydrogens is 367 g/mol. The maximum atomic E-state index is 12.6. The lowest BCUT2D eigenvalue weighted by Gasteiger charge is -2.36. The van der Waals surface area contributed by atoms with Gasteiger partial charge in [-0.3, -0.25) is 9.88 Å². The van der Waals surface area contributed by atoms with Crippen LogP contribution in [0.1, 0.15) is 5.56 Å². The van der Waals surface area contributed by atoms with Crippen molar-refractivity contribution in [2.75, 3.05) is 31.1 Å². The van der Waals surface area contributed by atoms with Crippen LogP contribution in [0.15, 0.2) is 60.8 Å². The summed E-state index contributed by atoms with van der Waals surface area (Å²) in [4.78, 5) is 8.85. The number of rotatable bonds is 4. The molecule has 146 valence electrons. The second kappa shape index (κ2) is 7.67. The van der Waals surface area contributed by atoms with Crippen LogP contribution in [0.2, 0.25) is 0 Å². The van der Waals surface area contributed by atoms with E-state index >= 15 is 0 Å². The van der Waals surface area contributed by atoms with Crippen LogP contribution in [0, 0.1) is 0 Å². The first-order chi connectivity index (χ1) is 13.5. The van der Waals surface area contributed by atoms with Crippen LogP contribution in [0.4, 0.5) is 18.9 Å². The molecule has 0 bridgehead atoms. The molecule has 2 aromatic carbocycles. The molecular formula is C21H20F3N3O. The monoisotopic (exact) mass is 387 g/mol. The molecule has 0 saturated carbocycles. The van der Waals surface area contributed by atoms with E-state index in [1.165, 1.54) is 17.7 Å². The Bertz CT molecular complexity index is 939. The maximum Gasteiger partial charge on any atom is 0.573 e. The Morgan fingerprint density at radius 3 is 2.39 bits per heavy atom. The molecule has 0 aliphatic carbocycles. The Kier molecular flexibility index (Phi) is 5.09. The lowest BCUT2D eigenvalue weighted by atomic mass is 10.1. The number of piperazine rings is 1. The Labute approximate surface area is 161 Å². The summed E-state index contributed by atoms with van der Waals surface area (Å²) >= 11 is 0. The first-order valence-corrected chi connectivity index (χ1v) is 9.14. The van der Waals surface area contributed by atoms with Crippen molar-refractivity contribution < 1.29 is 17.9 Å². The van der Waals surface area contributed by atoms with E-state index < -0.39 is 6.36 Å². The number of anilines is 1. The summed E-state index contributed by atoms with van der Waals surface area (Å²) in [5.74, 6) is -0.225. The van der Waals surface area contributed by atoms with E-state index in [0.29, 0.717) is 10.9 Å². The standard InChI is InChI=1S/C21H20F3N3O/c22-21(23,24)28-17-6-7-19-18(14-17)20(8-9-25-19)27-12-10-26(11-13-27)15-16-4-2-1-3-5-16/h1-9,14H,10-13,15H2. The van der Waals surface area contributed by atoms with Gasteiger partial charge in [-0.25, -0.2) is 0 Å². The molecule has 7 heteroatoms. The number of hydrogen-bond donors (Lipinski definition) is 0. The Morgan fingerprint density at radius 2 is 1.68 bits per heavy atom. The van der Waals surface area contributed by atoms with Crippen molar-refractivity contribution >= 4 is 16.6 Å². The summed E-state index contributed by atoms with van der Waals surface area (Å²) in [6.07, 6.45) is -3.02. The van der Waals surface area contributed by atoms with Gasteiger partial charge in [0.1, 0.15) is 5.75 Å². The van der Waals surface area contributed by atoms with Gasteiger partial charge >= 0.3 is 6.36 Å². The maximum absolute atomic E-state index is 12.6. The molecule has 1 aliphatic rings. The number of fused-ring (bicyclic) bond motifs is 1. The molecule has 2 heterocycles. The average Bonchev–Trinajstić information content (AvgIpc) is 2.68. The van der Waals surface area contributed by atoms with E-state index in [1.807, 2.05) is 24.3 Å². The third-order valence-electron chi connectivity index (χ3n) is 4.89. The number of pyridine rings is 1. The quantitative estimate of drug-likeness (QED) is 0.661. The van der Waals surface area contributed by atoms with E-state index in [9.17, 15) is 13.2 Å². The SMILES string of the molecule is FC(F)(F)Oc1ccc2nccc(N3CCN(Cc4ccccc4)CC3)c2c1. The molecule has 0 N–H and O–H groups in total. The number of hydrogen-bond acceptors (Lipinski definition) is 4. The lowest BCUT2D eigenvalue weighted by Crippen LogP contribution is -2.46. The van der Waals surface area contributed by atoms with Crippen molar-refractivity contribution in [2.45, 2.75) is 12.9 Å². The predicted molar refractivity (Wildman–Crippen MR) is 102 cm³/mol. The number of nitrogens with zero attached hydrogens (tertiary/aromatic N) is 3. The van der Waals surface area contributed by atoms with Crippen LogP contribution in [0.3, 0.4) is 0 Å². The van der Waals surface area contributed by atoms with E-state index in [-0.39, 0.29) is 5.75 Å². The first-order valence-electron chi connectivity index (χ1n) is 9.14. The van der Waals surface area contributed by atoms with Gasteiger partial charge < -0.3 is 9.64 Å². The topological polar surface area (TPSA) is 28.6 Å². The molecule has 0 spiro atoms. The normalized spacial score (nSPS) is 15.8. The van der Waals surface area contributed by atoms with Gasteiger partial charge in [-0.15, -0.1) is 13.2 Å². The first kappa shape index (κ1) is 18.6. The molecule has 28 heavy (non-hydrogen) atoms. The van der Waals surface area contributed by atoms with Crippen LogP contribution < -0.4 is 9.64 Å². The summed E-state index contributed by atoms with van der Waals surface area (Å²) in [6, 6.07) is 16.4. The van der Waals surface area contributed by atoms with Crippen LogP contribution in [0.25, 0.3) is 10.9 Å². The van der Waals surface area contributed by atoms with Crippen LogP contribution >= 0.6 is 0 Å². The number of benzene rings is 2. The highest BCUT2D eigenvalue weighted by Gasteiger charge is 2.31. The van der Waals surface area contributed by atoms with E-state index in [1.54, 1.807) is 12.3 Å². The van der Waals surface area contributed by atoms with Gasteiger partial charge in [-0.05, 0) is 29.8 Å². The highest BCUT2D eigenvalue weighted by molar-refractivity contribution is 5.92. The van der Waals surface area contributed by atoms with E-state index in [2.05, 4.69) is 31.7 Å². The zero-order valence-corrected chi connectivity index (χ0v) is 15.2. The van der Waals surface area contributed by atoms with Crippen molar-refractivity contribution in [3.8, 4) is 5.75 Å². The smallest absolute Gasteiger partial charge is 0.406 e. The zero-order valence-electron chi connectivity index (χ0n) is 15.2. The summed E-state index contributed by atoms with van der Waals surface area (Å²) in [5, 5.41) is 0.667. The van der Waals surface area contributed by atoms with Crippen molar-refractivity contribution in [3.63, 3.8) is 0 Å². The van der Waals surface area contributed by atoms with Crippen LogP contribution in [0.5, 0.6) is 5.75 Å². The molecule has 0 radical (unpaired) electrons. The average molecular weight is 387 g/mol. The molecule has 3 aromatic rings. The third kappa shape index (κ3) is 4.36. The number of ether oxygens (including phenoxy) is 1. The number of alkyl halides is 3. The number of aromatic nitrogens is 1. The fourth-order valence-electron chi connectivity index (χ4n) is 3.57. The minimum atomic E-state index is -4.71. The third-order valence-corrected chi connectivity index (χ3v) is 4.89. The van der Waals surface area contributed by atoms with Crippen LogP contribution in [-0.4, -0.2) is 42.4 Å².